The zero-order chi connectivity index (χ0) is 15.2. The predicted molar refractivity (Wildman–Crippen MR) is 85.5 cm³/mol. The molecule has 0 spiro atoms. The van der Waals surface area contributed by atoms with Gasteiger partial charge >= 0.3 is 0 Å². The van der Waals surface area contributed by atoms with Crippen LogP contribution >= 0.6 is 0 Å². The van der Waals surface area contributed by atoms with Crippen LogP contribution in [0.5, 0.6) is 5.75 Å². The number of nitrogens with one attached hydrogen (secondary N) is 2. The quantitative estimate of drug-likeness (QED) is 0.785. The molecule has 0 saturated heterocycles. The van der Waals surface area contributed by atoms with Crippen LogP contribution in [0, 0.1) is 6.92 Å². The summed E-state index contributed by atoms with van der Waals surface area (Å²) in [5.41, 5.74) is 3.36. The first-order valence-corrected chi connectivity index (χ1v) is 7.01. The highest BCUT2D eigenvalue weighted by atomic mass is 16.3. The third kappa shape index (κ3) is 3.99. The van der Waals surface area contributed by atoms with Crippen molar-refractivity contribution in [3.63, 3.8) is 0 Å². The number of phenolic OH excluding ortho intramolecular Hbond substituents is 1. The van der Waals surface area contributed by atoms with E-state index in [1.807, 2.05) is 56.3 Å². The third-order valence-electron chi connectivity index (χ3n) is 3.27. The van der Waals surface area contributed by atoms with E-state index in [0.717, 1.165) is 22.5 Å². The van der Waals surface area contributed by atoms with Gasteiger partial charge in [0.05, 0.1) is 0 Å². The summed E-state index contributed by atoms with van der Waals surface area (Å²) >= 11 is 0. The second-order valence-corrected chi connectivity index (χ2v) is 4.92. The van der Waals surface area contributed by atoms with Crippen molar-refractivity contribution in [2.75, 3.05) is 10.6 Å². The average molecular weight is 284 g/mol. The second kappa shape index (κ2) is 6.79. The Morgan fingerprint density at radius 3 is 2.62 bits per heavy atom. The van der Waals surface area contributed by atoms with E-state index in [1.165, 1.54) is 0 Å². The van der Waals surface area contributed by atoms with E-state index in [2.05, 4.69) is 10.6 Å². The van der Waals surface area contributed by atoms with E-state index in [-0.39, 0.29) is 5.91 Å². The van der Waals surface area contributed by atoms with E-state index in [0.29, 0.717) is 18.7 Å². The first-order chi connectivity index (χ1) is 10.1. The lowest BCUT2D eigenvalue weighted by molar-refractivity contribution is -0.115. The van der Waals surface area contributed by atoms with Gasteiger partial charge in [-0.05, 0) is 30.7 Å². The molecule has 0 aliphatic carbocycles. The van der Waals surface area contributed by atoms with Gasteiger partial charge in [-0.15, -0.1) is 0 Å². The van der Waals surface area contributed by atoms with Gasteiger partial charge in [-0.1, -0.05) is 31.2 Å². The Kier molecular flexibility index (Phi) is 4.82. The van der Waals surface area contributed by atoms with Crippen LogP contribution in [0.1, 0.15) is 24.5 Å². The minimum absolute atomic E-state index is 0.0107. The maximum absolute atomic E-state index is 11.4. The minimum atomic E-state index is -0.0107. The summed E-state index contributed by atoms with van der Waals surface area (Å²) in [6, 6.07) is 13.2. The Hall–Kier alpha value is -2.49. The maximum atomic E-state index is 11.4. The fourth-order valence-corrected chi connectivity index (χ4v) is 2.02. The van der Waals surface area contributed by atoms with Gasteiger partial charge in [0, 0.05) is 29.9 Å². The molecule has 4 heteroatoms. The van der Waals surface area contributed by atoms with Crippen LogP contribution in [0.2, 0.25) is 0 Å². The zero-order valence-corrected chi connectivity index (χ0v) is 12.3. The van der Waals surface area contributed by atoms with E-state index in [4.69, 9.17) is 0 Å². The van der Waals surface area contributed by atoms with Gasteiger partial charge in [0.1, 0.15) is 5.75 Å². The molecule has 0 heterocycles. The van der Waals surface area contributed by atoms with Crippen molar-refractivity contribution in [2.45, 2.75) is 26.8 Å². The molecule has 110 valence electrons. The molecule has 3 N–H and O–H groups in total. The number of aromatic hydroxyl groups is 1. The van der Waals surface area contributed by atoms with Crippen LogP contribution in [0.25, 0.3) is 0 Å². The fraction of sp³-hybridized carbons (Fsp3) is 0.235. The summed E-state index contributed by atoms with van der Waals surface area (Å²) in [5, 5.41) is 16.1. The van der Waals surface area contributed by atoms with Crippen LogP contribution in [0.4, 0.5) is 11.4 Å². The Labute approximate surface area is 124 Å². The monoisotopic (exact) mass is 284 g/mol. The first-order valence-electron chi connectivity index (χ1n) is 7.01. The lowest BCUT2D eigenvalue weighted by atomic mass is 10.1. The number of rotatable bonds is 5. The van der Waals surface area contributed by atoms with Crippen LogP contribution < -0.4 is 10.6 Å². The Bertz CT molecular complexity index is 638. The van der Waals surface area contributed by atoms with Crippen molar-refractivity contribution >= 4 is 17.3 Å². The summed E-state index contributed by atoms with van der Waals surface area (Å²) < 4.78 is 0. The number of hydrogen-bond donors (Lipinski definition) is 3. The summed E-state index contributed by atoms with van der Waals surface area (Å²) in [4.78, 5) is 11.4. The number of hydrogen-bond acceptors (Lipinski definition) is 3. The molecule has 0 saturated carbocycles. The van der Waals surface area contributed by atoms with E-state index in [1.54, 1.807) is 0 Å². The van der Waals surface area contributed by atoms with Gasteiger partial charge in [0.15, 0.2) is 0 Å². The normalized spacial score (nSPS) is 10.2. The number of carbonyl (C=O) groups excluding carboxylic acids is 1. The van der Waals surface area contributed by atoms with Crippen molar-refractivity contribution in [1.29, 1.82) is 0 Å². The number of amides is 1. The number of benzene rings is 2. The van der Waals surface area contributed by atoms with Gasteiger partial charge in [0.25, 0.3) is 0 Å². The Morgan fingerprint density at radius 1 is 1.14 bits per heavy atom. The molecule has 4 nitrogen and oxygen atoms in total. The van der Waals surface area contributed by atoms with Crippen molar-refractivity contribution in [1.82, 2.24) is 0 Å². The molecule has 0 unspecified atom stereocenters. The summed E-state index contributed by atoms with van der Waals surface area (Å²) in [5.74, 6) is 0.309. The van der Waals surface area contributed by atoms with Gasteiger partial charge in [-0.25, -0.2) is 0 Å². The summed E-state index contributed by atoms with van der Waals surface area (Å²) in [7, 11) is 0. The van der Waals surface area contributed by atoms with Crippen molar-refractivity contribution in [2.24, 2.45) is 0 Å². The molecular weight excluding hydrogens is 264 g/mol. The minimum Gasteiger partial charge on any atom is -0.507 e. The molecule has 0 aliphatic rings. The smallest absolute Gasteiger partial charge is 0.224 e. The molecule has 1 amide bonds. The molecule has 0 atom stereocenters. The Balaban J connectivity index is 2.05. The average Bonchev–Trinajstić information content (AvgIpc) is 2.49. The van der Waals surface area contributed by atoms with Crippen molar-refractivity contribution < 1.29 is 9.90 Å². The number of anilines is 2. The molecule has 21 heavy (non-hydrogen) atoms. The highest BCUT2D eigenvalue weighted by Crippen LogP contribution is 2.23. The third-order valence-corrected chi connectivity index (χ3v) is 3.27. The van der Waals surface area contributed by atoms with E-state index >= 15 is 0 Å². The number of para-hydroxylation sites is 1. The molecule has 2 aromatic carbocycles. The van der Waals surface area contributed by atoms with Crippen molar-refractivity contribution in [3.8, 4) is 5.75 Å². The molecule has 0 fully saturated rings. The zero-order valence-electron chi connectivity index (χ0n) is 12.3. The molecular formula is C17H20N2O2. The highest BCUT2D eigenvalue weighted by Gasteiger charge is 2.04. The number of phenols is 1. The first kappa shape index (κ1) is 14.9. The number of carbonyl (C=O) groups is 1. The lowest BCUT2D eigenvalue weighted by Crippen LogP contribution is -2.09. The Morgan fingerprint density at radius 2 is 1.86 bits per heavy atom. The molecule has 0 aromatic heterocycles. The fourth-order valence-electron chi connectivity index (χ4n) is 2.02. The molecule has 0 bridgehead atoms. The van der Waals surface area contributed by atoms with Gasteiger partial charge in [-0.3, -0.25) is 4.79 Å². The molecule has 2 rings (SSSR count). The predicted octanol–water partition coefficient (Wildman–Crippen LogP) is 3.66. The van der Waals surface area contributed by atoms with Gasteiger partial charge in [-0.2, -0.15) is 0 Å². The topological polar surface area (TPSA) is 61.4 Å². The molecule has 0 aliphatic heterocycles. The second-order valence-electron chi connectivity index (χ2n) is 4.92. The largest absolute Gasteiger partial charge is 0.507 e. The summed E-state index contributed by atoms with van der Waals surface area (Å²) in [6.07, 6.45) is 0.453. The van der Waals surface area contributed by atoms with E-state index in [9.17, 15) is 9.90 Å². The van der Waals surface area contributed by atoms with Crippen LogP contribution in [-0.4, -0.2) is 11.0 Å². The standard InChI is InChI=1S/C17H20N2O2/c1-3-16(20)19-15-9-5-8-14(10-15)18-11-13-7-4-6-12(2)17(13)21/h4-10,18,21H,3,11H2,1-2H3,(H,19,20). The number of aryl methyl sites for hydroxylation is 1. The summed E-state index contributed by atoms with van der Waals surface area (Å²) in [6.45, 7) is 4.22. The molecule has 0 radical (unpaired) electrons. The van der Waals surface area contributed by atoms with Crippen LogP contribution in [0.3, 0.4) is 0 Å². The van der Waals surface area contributed by atoms with Crippen LogP contribution in [0.15, 0.2) is 42.5 Å². The maximum Gasteiger partial charge on any atom is 0.224 e. The van der Waals surface area contributed by atoms with E-state index < -0.39 is 0 Å². The van der Waals surface area contributed by atoms with Gasteiger partial charge < -0.3 is 15.7 Å². The van der Waals surface area contributed by atoms with Gasteiger partial charge in [0.2, 0.25) is 5.91 Å². The van der Waals surface area contributed by atoms with Crippen molar-refractivity contribution in [3.05, 3.63) is 53.6 Å². The highest BCUT2D eigenvalue weighted by molar-refractivity contribution is 5.90. The molecule has 2 aromatic rings. The van der Waals surface area contributed by atoms with Crippen LogP contribution in [-0.2, 0) is 11.3 Å². The lowest BCUT2D eigenvalue weighted by Gasteiger charge is -2.11. The SMILES string of the molecule is CCC(=O)Nc1cccc(NCc2cccc(C)c2O)c1.